The molecule has 0 fully saturated rings. The van der Waals surface area contributed by atoms with E-state index >= 15 is 0 Å². The molecule has 0 amide bonds. The second-order valence-corrected chi connectivity index (χ2v) is 4.27. The fourth-order valence-electron chi connectivity index (χ4n) is 2.20. The monoisotopic (exact) mass is 287 g/mol. The van der Waals surface area contributed by atoms with Crippen LogP contribution in [-0.4, -0.2) is 30.2 Å². The molecule has 2 heterocycles. The van der Waals surface area contributed by atoms with Gasteiger partial charge in [0.1, 0.15) is 5.56 Å². The molecule has 1 aliphatic rings. The first-order valence-electron chi connectivity index (χ1n) is 6.24. The molecule has 0 bridgehead atoms. The minimum Gasteiger partial charge on any atom is -0.493 e. The lowest BCUT2D eigenvalue weighted by Crippen LogP contribution is -2.12. The van der Waals surface area contributed by atoms with E-state index in [0.29, 0.717) is 28.6 Å². The van der Waals surface area contributed by atoms with Crippen LogP contribution in [0.25, 0.3) is 0 Å². The predicted octanol–water partition coefficient (Wildman–Crippen LogP) is 1.77. The molecule has 1 aromatic carbocycles. The molecule has 1 aliphatic heterocycles. The average molecular weight is 287 g/mol. The number of nitrogens with zero attached hydrogens (tertiary/aromatic N) is 2. The Morgan fingerprint density at radius 3 is 2.62 bits per heavy atom. The normalized spacial score (nSPS) is 16.1. The van der Waals surface area contributed by atoms with Gasteiger partial charge < -0.3 is 19.5 Å². The fraction of sp³-hybridized carbons (Fsp3) is 0.214. The van der Waals surface area contributed by atoms with Crippen molar-refractivity contribution in [1.29, 1.82) is 0 Å². The maximum Gasteiger partial charge on any atom is 0.344 e. The maximum absolute atomic E-state index is 12.1. The average Bonchev–Trinajstić information content (AvgIpc) is 2.83. The summed E-state index contributed by atoms with van der Waals surface area (Å²) in [6, 6.07) is 5.18. The van der Waals surface area contributed by atoms with Crippen LogP contribution in [0.15, 0.2) is 30.6 Å². The summed E-state index contributed by atoms with van der Waals surface area (Å²) in [6.45, 7) is 0. The quantitative estimate of drug-likeness (QED) is 0.858. The van der Waals surface area contributed by atoms with Gasteiger partial charge in [0.15, 0.2) is 11.5 Å². The van der Waals surface area contributed by atoms with Gasteiger partial charge in [0.2, 0.25) is 12.2 Å². The van der Waals surface area contributed by atoms with E-state index in [9.17, 15) is 4.79 Å². The largest absolute Gasteiger partial charge is 0.493 e. The van der Waals surface area contributed by atoms with Gasteiger partial charge in [-0.25, -0.2) is 14.8 Å². The molecule has 3 rings (SSSR count). The maximum atomic E-state index is 12.1. The van der Waals surface area contributed by atoms with Gasteiger partial charge in [0, 0.05) is 18.0 Å². The van der Waals surface area contributed by atoms with Crippen molar-refractivity contribution in [1.82, 2.24) is 9.97 Å². The summed E-state index contributed by atoms with van der Waals surface area (Å²) in [5.41, 5.74) is 1.01. The van der Waals surface area contributed by atoms with Crippen LogP contribution in [-0.2, 0) is 4.74 Å². The van der Waals surface area contributed by atoms with Gasteiger partial charge in [0.05, 0.1) is 14.2 Å². The van der Waals surface area contributed by atoms with E-state index in [2.05, 4.69) is 15.3 Å². The number of nitrogens with one attached hydrogen (secondary N) is 1. The Kier molecular flexibility index (Phi) is 3.31. The highest BCUT2D eigenvalue weighted by Gasteiger charge is 2.36. The summed E-state index contributed by atoms with van der Waals surface area (Å²) in [5.74, 6) is 0.732. The van der Waals surface area contributed by atoms with Gasteiger partial charge in [-0.15, -0.1) is 0 Å². The van der Waals surface area contributed by atoms with Crippen LogP contribution >= 0.6 is 0 Å². The molecule has 0 spiro atoms. The van der Waals surface area contributed by atoms with E-state index in [1.807, 2.05) is 0 Å². The smallest absolute Gasteiger partial charge is 0.344 e. The van der Waals surface area contributed by atoms with E-state index in [1.54, 1.807) is 30.6 Å². The molecule has 108 valence electrons. The van der Waals surface area contributed by atoms with Gasteiger partial charge in [-0.05, 0) is 18.2 Å². The van der Waals surface area contributed by atoms with E-state index in [0.717, 1.165) is 0 Å². The first kappa shape index (κ1) is 13.2. The number of methoxy groups -OCH3 is 2. The molecule has 1 atom stereocenters. The number of ether oxygens (including phenoxy) is 3. The first-order valence-corrected chi connectivity index (χ1v) is 6.24. The molecule has 1 aromatic heterocycles. The lowest BCUT2D eigenvalue weighted by atomic mass is 10.1. The number of benzene rings is 1. The van der Waals surface area contributed by atoms with Gasteiger partial charge >= 0.3 is 5.97 Å². The summed E-state index contributed by atoms with van der Waals surface area (Å²) < 4.78 is 15.8. The molecular weight excluding hydrogens is 274 g/mol. The van der Waals surface area contributed by atoms with Crippen LogP contribution in [0.1, 0.15) is 22.1 Å². The molecule has 7 nitrogen and oxygen atoms in total. The molecular formula is C14H13N3O4. The summed E-state index contributed by atoms with van der Waals surface area (Å²) in [7, 11) is 2.99. The Morgan fingerprint density at radius 2 is 1.95 bits per heavy atom. The Balaban J connectivity index is 1.99. The van der Waals surface area contributed by atoms with Crippen molar-refractivity contribution in [2.24, 2.45) is 0 Å². The number of hydrogen-bond acceptors (Lipinski definition) is 7. The molecule has 1 unspecified atom stereocenters. The van der Waals surface area contributed by atoms with Crippen LogP contribution in [0.4, 0.5) is 5.95 Å². The van der Waals surface area contributed by atoms with Gasteiger partial charge in [-0.2, -0.15) is 0 Å². The summed E-state index contributed by atoms with van der Waals surface area (Å²) >= 11 is 0. The van der Waals surface area contributed by atoms with Crippen molar-refractivity contribution in [2.75, 3.05) is 19.5 Å². The lowest BCUT2D eigenvalue weighted by molar-refractivity contribution is 0.0434. The molecule has 2 aromatic rings. The number of esters is 1. The fourth-order valence-corrected chi connectivity index (χ4v) is 2.20. The highest BCUT2D eigenvalue weighted by atomic mass is 16.6. The third-order valence-corrected chi connectivity index (χ3v) is 3.12. The van der Waals surface area contributed by atoms with Crippen LogP contribution in [0.5, 0.6) is 11.5 Å². The molecule has 7 heteroatoms. The summed E-state index contributed by atoms with van der Waals surface area (Å²) in [4.78, 5) is 20.2. The second kappa shape index (κ2) is 5.28. The summed E-state index contributed by atoms with van der Waals surface area (Å²) in [5, 5.41) is 2.95. The minimum atomic E-state index is -0.658. The molecule has 0 saturated carbocycles. The number of anilines is 1. The second-order valence-electron chi connectivity index (χ2n) is 4.27. The van der Waals surface area contributed by atoms with E-state index in [1.165, 1.54) is 14.2 Å². The Hall–Kier alpha value is -2.83. The first-order chi connectivity index (χ1) is 10.2. The number of carbonyl (C=O) groups is 1. The third kappa shape index (κ3) is 2.22. The van der Waals surface area contributed by atoms with Crippen molar-refractivity contribution in [2.45, 2.75) is 6.23 Å². The van der Waals surface area contributed by atoms with Gasteiger partial charge in [-0.3, -0.25) is 0 Å². The van der Waals surface area contributed by atoms with E-state index in [4.69, 9.17) is 14.2 Å². The number of aromatic nitrogens is 2. The van der Waals surface area contributed by atoms with Gasteiger partial charge in [0.25, 0.3) is 0 Å². The number of rotatable bonds is 4. The molecule has 1 N–H and O–H groups in total. The predicted molar refractivity (Wildman–Crippen MR) is 73.4 cm³/mol. The van der Waals surface area contributed by atoms with Crippen molar-refractivity contribution < 1.29 is 19.0 Å². The van der Waals surface area contributed by atoms with E-state index in [-0.39, 0.29) is 0 Å². The lowest BCUT2D eigenvalue weighted by Gasteiger charge is -2.13. The highest BCUT2D eigenvalue weighted by Crippen LogP contribution is 2.41. The number of cyclic esters (lactones) is 1. The van der Waals surface area contributed by atoms with Crippen molar-refractivity contribution in [3.05, 3.63) is 41.7 Å². The van der Waals surface area contributed by atoms with Crippen molar-refractivity contribution in [3.8, 4) is 11.5 Å². The zero-order chi connectivity index (χ0) is 14.8. The topological polar surface area (TPSA) is 82.6 Å². The standard InChI is InChI=1S/C14H13N3O4/c1-19-9-5-4-8-10(11(9)20-2)13(18)21-12(8)17-14-15-6-3-7-16-14/h3-7,12H,1-2H3,(H,15,16,17). The van der Waals surface area contributed by atoms with Crippen LogP contribution < -0.4 is 14.8 Å². The van der Waals surface area contributed by atoms with Crippen molar-refractivity contribution in [3.63, 3.8) is 0 Å². The molecule has 0 radical (unpaired) electrons. The Bertz CT molecular complexity index is 675. The van der Waals surface area contributed by atoms with Gasteiger partial charge in [-0.1, -0.05) is 0 Å². The van der Waals surface area contributed by atoms with Crippen LogP contribution in [0.3, 0.4) is 0 Å². The van der Waals surface area contributed by atoms with E-state index < -0.39 is 12.2 Å². The zero-order valence-corrected chi connectivity index (χ0v) is 11.5. The SMILES string of the molecule is COc1ccc2c(c1OC)C(=O)OC2Nc1ncccn1. The Labute approximate surface area is 120 Å². The minimum absolute atomic E-state index is 0.352. The third-order valence-electron chi connectivity index (χ3n) is 3.12. The number of hydrogen-bond donors (Lipinski definition) is 1. The Morgan fingerprint density at radius 1 is 1.19 bits per heavy atom. The zero-order valence-electron chi connectivity index (χ0n) is 11.5. The number of carbonyl (C=O) groups excluding carboxylic acids is 1. The van der Waals surface area contributed by atoms with Crippen LogP contribution in [0, 0.1) is 0 Å². The number of fused-ring (bicyclic) bond motifs is 1. The summed E-state index contributed by atoms with van der Waals surface area (Å²) in [6.07, 6.45) is 2.54. The molecule has 0 saturated heterocycles. The van der Waals surface area contributed by atoms with Crippen LogP contribution in [0.2, 0.25) is 0 Å². The molecule has 0 aliphatic carbocycles. The highest BCUT2D eigenvalue weighted by molar-refractivity contribution is 5.98. The molecule has 21 heavy (non-hydrogen) atoms. The van der Waals surface area contributed by atoms with Crippen molar-refractivity contribution >= 4 is 11.9 Å².